The number of aromatic hydroxyl groups is 1. The van der Waals surface area contributed by atoms with Gasteiger partial charge in [0.1, 0.15) is 16.8 Å². The zero-order valence-corrected chi connectivity index (χ0v) is 16.3. The van der Waals surface area contributed by atoms with Gasteiger partial charge in [-0.1, -0.05) is 53.1 Å². The summed E-state index contributed by atoms with van der Waals surface area (Å²) in [5.41, 5.74) is 3.73. The summed E-state index contributed by atoms with van der Waals surface area (Å²) < 4.78 is 0. The summed E-state index contributed by atoms with van der Waals surface area (Å²) in [5, 5.41) is 20.6. The van der Waals surface area contributed by atoms with E-state index in [4.69, 9.17) is 11.6 Å². The van der Waals surface area contributed by atoms with E-state index in [2.05, 4.69) is 51.7 Å². The molecule has 0 fully saturated rings. The highest BCUT2D eigenvalue weighted by molar-refractivity contribution is 6.31. The van der Waals surface area contributed by atoms with E-state index in [0.717, 1.165) is 27.8 Å². The Balaban J connectivity index is 2.27. The first-order chi connectivity index (χ1) is 11.5. The Kier molecular flexibility index (Phi) is 4.07. The second-order valence-corrected chi connectivity index (χ2v) is 8.95. The Labute approximate surface area is 153 Å². The monoisotopic (exact) mass is 357 g/mol. The molecule has 0 saturated heterocycles. The van der Waals surface area contributed by atoms with Crippen LogP contribution in [-0.4, -0.2) is 20.1 Å². The Morgan fingerprint density at radius 1 is 0.840 bits per heavy atom. The van der Waals surface area contributed by atoms with Gasteiger partial charge in [-0.25, -0.2) is 0 Å². The molecule has 25 heavy (non-hydrogen) atoms. The lowest BCUT2D eigenvalue weighted by Crippen LogP contribution is -2.18. The molecule has 5 heteroatoms. The quantitative estimate of drug-likeness (QED) is 0.636. The van der Waals surface area contributed by atoms with Crippen LogP contribution in [0.1, 0.15) is 52.7 Å². The van der Waals surface area contributed by atoms with E-state index in [1.54, 1.807) is 16.9 Å². The SMILES string of the molecule is CC(C)(C)c1cc(-n2nc3ccc(Cl)cc3n2)cc(C(C)(C)C)c1O. The maximum atomic E-state index is 10.8. The van der Waals surface area contributed by atoms with Crippen molar-refractivity contribution in [2.75, 3.05) is 0 Å². The van der Waals surface area contributed by atoms with E-state index >= 15 is 0 Å². The summed E-state index contributed by atoms with van der Waals surface area (Å²) in [4.78, 5) is 1.62. The van der Waals surface area contributed by atoms with Gasteiger partial charge in [0.15, 0.2) is 0 Å². The van der Waals surface area contributed by atoms with Crippen LogP contribution in [-0.2, 0) is 10.8 Å². The lowest BCUT2D eigenvalue weighted by atomic mass is 9.79. The van der Waals surface area contributed by atoms with Gasteiger partial charge in [0, 0.05) is 16.1 Å². The molecule has 2 aromatic carbocycles. The average Bonchev–Trinajstić information content (AvgIpc) is 2.87. The van der Waals surface area contributed by atoms with Crippen molar-refractivity contribution in [3.63, 3.8) is 0 Å². The number of phenols is 1. The second-order valence-electron chi connectivity index (χ2n) is 8.51. The van der Waals surface area contributed by atoms with Gasteiger partial charge in [-0.15, -0.1) is 10.2 Å². The van der Waals surface area contributed by atoms with Crippen LogP contribution >= 0.6 is 11.6 Å². The Hall–Kier alpha value is -2.07. The van der Waals surface area contributed by atoms with Crippen LogP contribution in [0.15, 0.2) is 30.3 Å². The molecule has 0 atom stereocenters. The van der Waals surface area contributed by atoms with Crippen molar-refractivity contribution in [1.29, 1.82) is 0 Å². The third kappa shape index (κ3) is 3.36. The summed E-state index contributed by atoms with van der Waals surface area (Å²) in [6.45, 7) is 12.5. The summed E-state index contributed by atoms with van der Waals surface area (Å²) in [6.07, 6.45) is 0. The predicted octanol–water partition coefficient (Wildman–Crippen LogP) is 5.37. The number of fused-ring (bicyclic) bond motifs is 1. The predicted molar refractivity (Wildman–Crippen MR) is 103 cm³/mol. The maximum absolute atomic E-state index is 10.8. The van der Waals surface area contributed by atoms with E-state index in [-0.39, 0.29) is 10.8 Å². The highest BCUT2D eigenvalue weighted by Crippen LogP contribution is 2.40. The molecule has 1 heterocycles. The van der Waals surface area contributed by atoms with Gasteiger partial charge < -0.3 is 5.11 Å². The minimum atomic E-state index is -0.198. The first-order valence-corrected chi connectivity index (χ1v) is 8.75. The number of benzene rings is 2. The minimum Gasteiger partial charge on any atom is -0.507 e. The van der Waals surface area contributed by atoms with E-state index in [0.29, 0.717) is 10.8 Å². The first kappa shape index (κ1) is 17.7. The third-order valence-corrected chi connectivity index (χ3v) is 4.52. The summed E-state index contributed by atoms with van der Waals surface area (Å²) in [6, 6.07) is 9.39. The Morgan fingerprint density at radius 3 is 1.88 bits per heavy atom. The molecule has 0 saturated carbocycles. The van der Waals surface area contributed by atoms with Crippen LogP contribution in [0.25, 0.3) is 16.7 Å². The van der Waals surface area contributed by atoms with Crippen LogP contribution in [0.2, 0.25) is 5.02 Å². The van der Waals surface area contributed by atoms with E-state index in [1.165, 1.54) is 0 Å². The maximum Gasteiger partial charge on any atom is 0.123 e. The Morgan fingerprint density at radius 2 is 1.36 bits per heavy atom. The molecule has 0 aliphatic rings. The van der Waals surface area contributed by atoms with Gasteiger partial charge >= 0.3 is 0 Å². The normalized spacial score (nSPS) is 12.8. The standard InChI is InChI=1S/C20H24ClN3O/c1-19(2,3)14-10-13(11-15(18(14)25)20(4,5)6)24-22-16-8-7-12(21)9-17(16)23-24/h7-11,25H,1-6H3. The summed E-state index contributed by atoms with van der Waals surface area (Å²) in [5.74, 6) is 0.350. The average molecular weight is 358 g/mol. The molecule has 0 spiro atoms. The number of phenolic OH excluding ortho intramolecular Hbond substituents is 1. The zero-order chi connectivity index (χ0) is 18.6. The molecule has 0 aliphatic heterocycles. The zero-order valence-electron chi connectivity index (χ0n) is 15.6. The van der Waals surface area contributed by atoms with Gasteiger partial charge in [-0.2, -0.15) is 4.80 Å². The Bertz CT molecular complexity index is 911. The minimum absolute atomic E-state index is 0.198. The molecular formula is C20H24ClN3O. The van der Waals surface area contributed by atoms with Crippen molar-refractivity contribution in [3.8, 4) is 11.4 Å². The lowest BCUT2D eigenvalue weighted by molar-refractivity contribution is 0.422. The number of halogens is 1. The fourth-order valence-electron chi connectivity index (χ4n) is 2.88. The molecule has 0 aliphatic carbocycles. The van der Waals surface area contributed by atoms with Crippen molar-refractivity contribution < 1.29 is 5.11 Å². The van der Waals surface area contributed by atoms with Crippen molar-refractivity contribution in [3.05, 3.63) is 46.5 Å². The number of aromatic nitrogens is 3. The van der Waals surface area contributed by atoms with Gasteiger partial charge in [0.05, 0.1) is 5.69 Å². The molecule has 3 rings (SSSR count). The lowest BCUT2D eigenvalue weighted by Gasteiger charge is -2.28. The fraction of sp³-hybridized carbons (Fsp3) is 0.400. The number of hydrogen-bond acceptors (Lipinski definition) is 3. The largest absolute Gasteiger partial charge is 0.507 e. The van der Waals surface area contributed by atoms with Gasteiger partial charge in [0.2, 0.25) is 0 Å². The number of hydrogen-bond donors (Lipinski definition) is 1. The molecule has 4 nitrogen and oxygen atoms in total. The molecule has 0 bridgehead atoms. The fourth-order valence-corrected chi connectivity index (χ4v) is 3.05. The van der Waals surface area contributed by atoms with E-state index in [1.807, 2.05) is 18.2 Å². The number of nitrogens with zero attached hydrogens (tertiary/aromatic N) is 3. The van der Waals surface area contributed by atoms with E-state index < -0.39 is 0 Å². The molecule has 1 N–H and O–H groups in total. The topological polar surface area (TPSA) is 50.9 Å². The van der Waals surface area contributed by atoms with Crippen LogP contribution in [0.5, 0.6) is 5.75 Å². The van der Waals surface area contributed by atoms with Crippen molar-refractivity contribution >= 4 is 22.6 Å². The summed E-state index contributed by atoms with van der Waals surface area (Å²) >= 11 is 6.05. The molecule has 132 valence electrons. The molecule has 0 amide bonds. The highest BCUT2D eigenvalue weighted by atomic mass is 35.5. The smallest absolute Gasteiger partial charge is 0.123 e. The molecule has 3 aromatic rings. The third-order valence-electron chi connectivity index (χ3n) is 4.28. The summed E-state index contributed by atoms with van der Waals surface area (Å²) in [7, 11) is 0. The first-order valence-electron chi connectivity index (χ1n) is 8.38. The van der Waals surface area contributed by atoms with Crippen molar-refractivity contribution in [2.24, 2.45) is 0 Å². The highest BCUT2D eigenvalue weighted by Gasteiger charge is 2.27. The van der Waals surface area contributed by atoms with Crippen LogP contribution in [0.3, 0.4) is 0 Å². The van der Waals surface area contributed by atoms with E-state index in [9.17, 15) is 5.11 Å². The van der Waals surface area contributed by atoms with Gasteiger partial charge in [-0.3, -0.25) is 0 Å². The van der Waals surface area contributed by atoms with Crippen molar-refractivity contribution in [1.82, 2.24) is 15.0 Å². The number of rotatable bonds is 1. The second kappa shape index (κ2) is 5.73. The molecule has 0 radical (unpaired) electrons. The van der Waals surface area contributed by atoms with Crippen molar-refractivity contribution in [2.45, 2.75) is 52.4 Å². The van der Waals surface area contributed by atoms with Crippen LogP contribution in [0, 0.1) is 0 Å². The van der Waals surface area contributed by atoms with Crippen LogP contribution < -0.4 is 0 Å². The van der Waals surface area contributed by atoms with Crippen LogP contribution in [0.4, 0.5) is 0 Å². The molecular weight excluding hydrogens is 334 g/mol. The molecule has 0 unspecified atom stereocenters. The van der Waals surface area contributed by atoms with Gasteiger partial charge in [0.25, 0.3) is 0 Å². The molecule has 1 aromatic heterocycles. The van der Waals surface area contributed by atoms with Gasteiger partial charge in [-0.05, 0) is 41.2 Å².